The van der Waals surface area contributed by atoms with E-state index >= 15 is 0 Å². The number of ether oxygens (including phenoxy) is 1. The summed E-state index contributed by atoms with van der Waals surface area (Å²) in [5.41, 5.74) is 5.84. The number of carbonyl (C=O) groups excluding carboxylic acids is 1. The van der Waals surface area contributed by atoms with Crippen LogP contribution >= 0.6 is 18.7 Å². The lowest BCUT2D eigenvalue weighted by molar-refractivity contribution is -0.385. The van der Waals surface area contributed by atoms with Gasteiger partial charge in [-0.2, -0.15) is 0 Å². The second-order valence-corrected chi connectivity index (χ2v) is 23.9. The molecular formula is C47H54ClN6O7PS. The van der Waals surface area contributed by atoms with E-state index in [-0.39, 0.29) is 22.4 Å². The highest BCUT2D eigenvalue weighted by atomic mass is 35.5. The van der Waals surface area contributed by atoms with Crippen molar-refractivity contribution in [2.75, 3.05) is 56.6 Å². The third-order valence-corrected chi connectivity index (χ3v) is 17.0. The van der Waals surface area contributed by atoms with Crippen LogP contribution in [0.15, 0.2) is 95.7 Å². The van der Waals surface area contributed by atoms with Gasteiger partial charge in [0.1, 0.15) is 17.1 Å². The zero-order chi connectivity index (χ0) is 44.5. The number of amides is 1. The molecule has 0 saturated carbocycles. The molecule has 0 unspecified atom stereocenters. The molecule has 0 atom stereocenters. The Morgan fingerprint density at radius 1 is 1.03 bits per heavy atom. The summed E-state index contributed by atoms with van der Waals surface area (Å²) in [6.45, 7) is 10.5. The first-order chi connectivity index (χ1) is 30.0. The van der Waals surface area contributed by atoms with Crippen molar-refractivity contribution in [2.24, 2.45) is 11.3 Å². The van der Waals surface area contributed by atoms with Crippen molar-refractivity contribution in [3.05, 3.63) is 123 Å². The number of piperazine rings is 1. The van der Waals surface area contributed by atoms with Crippen LogP contribution in [0.1, 0.15) is 73.9 Å². The van der Waals surface area contributed by atoms with E-state index in [0.717, 1.165) is 87.0 Å². The molecule has 13 nitrogen and oxygen atoms in total. The number of nitrogens with zero attached hydrogens (tertiary/aromatic N) is 4. The van der Waals surface area contributed by atoms with Crippen molar-refractivity contribution < 1.29 is 27.4 Å². The number of anilines is 1. The number of rotatable bonds is 13. The molecule has 2 aromatic heterocycles. The van der Waals surface area contributed by atoms with E-state index in [0.29, 0.717) is 48.0 Å². The molecule has 2 fully saturated rings. The number of nitrogens with one attached hydrogen (secondary N) is 2. The molecule has 3 aliphatic rings. The van der Waals surface area contributed by atoms with E-state index in [2.05, 4.69) is 50.5 Å². The topological polar surface area (TPSA) is 168 Å². The molecule has 332 valence electrons. The third kappa shape index (κ3) is 10.7. The van der Waals surface area contributed by atoms with Gasteiger partial charge >= 0.3 is 0 Å². The van der Waals surface area contributed by atoms with Gasteiger partial charge < -0.3 is 19.2 Å². The standard InChI is InChI=1S/C47H54ClN6O7PS/c1-47(2)18-14-36(42(29-47)33-6-9-37(48)10-7-33)31-52-20-22-53(23-21-52)38-11-13-41(44(27-38)61-39-26-35-15-19-49-45(35)50-30-39)46(55)51-63(59,60)40-12-8-34(43(28-40)54(56)57)5-4-32-16-24-62(3,58)25-17-32/h6-13,15,19,26-28,30,32H,4-5,14,16-18,20-25,29,31H2,1-3H3,(H,49,50)(H,51,55). The number of halogens is 1. The Hall–Kier alpha value is -5.01. The molecule has 0 radical (unpaired) electrons. The van der Waals surface area contributed by atoms with Crippen LogP contribution in [-0.4, -0.2) is 85.8 Å². The SMILES string of the molecule is CC1(C)CCC(CN2CCN(c3ccc(C(=O)NS(=O)(=O)c4ccc(CCC5CCP(C)(=O)CC5)c([N+](=O)[O-])c4)c(Oc4cnc5[nH]ccc5c4)c3)CC2)=C(c2ccc(Cl)cc2)C1. The molecule has 4 heterocycles. The molecule has 8 rings (SSSR count). The van der Waals surface area contributed by atoms with Gasteiger partial charge in [0, 0.05) is 85.0 Å². The van der Waals surface area contributed by atoms with Crippen molar-refractivity contribution in [2.45, 2.75) is 63.7 Å². The maximum atomic E-state index is 14.0. The van der Waals surface area contributed by atoms with Gasteiger partial charge in [-0.15, -0.1) is 0 Å². The van der Waals surface area contributed by atoms with Gasteiger partial charge in [0.15, 0.2) is 0 Å². The number of carbonyl (C=O) groups is 1. The first-order valence-corrected chi connectivity index (χ1v) is 26.0. The molecule has 2 N–H and O–H groups in total. The van der Waals surface area contributed by atoms with Crippen LogP contribution in [0.4, 0.5) is 11.4 Å². The predicted molar refractivity (Wildman–Crippen MR) is 249 cm³/mol. The first kappa shape index (κ1) is 44.6. The van der Waals surface area contributed by atoms with E-state index in [4.69, 9.17) is 16.3 Å². The van der Waals surface area contributed by atoms with Gasteiger partial charge in [-0.3, -0.25) is 19.8 Å². The Bertz CT molecular complexity index is 2720. The number of hydrogen-bond donors (Lipinski definition) is 2. The summed E-state index contributed by atoms with van der Waals surface area (Å²) in [7, 11) is -6.64. The number of benzene rings is 3. The molecular weight excluding hydrogens is 859 g/mol. The Kier molecular flexibility index (Phi) is 12.9. The van der Waals surface area contributed by atoms with Crippen molar-refractivity contribution in [1.82, 2.24) is 19.6 Å². The number of fused-ring (bicyclic) bond motifs is 1. The highest BCUT2D eigenvalue weighted by molar-refractivity contribution is 7.90. The number of nitro benzene ring substituents is 1. The summed E-state index contributed by atoms with van der Waals surface area (Å²) >= 11 is 6.24. The molecule has 2 saturated heterocycles. The molecule has 2 aliphatic heterocycles. The van der Waals surface area contributed by atoms with E-state index in [9.17, 15) is 27.9 Å². The summed E-state index contributed by atoms with van der Waals surface area (Å²) in [5.74, 6) is -0.168. The smallest absolute Gasteiger partial charge is 0.273 e. The fraction of sp³-hybridized carbons (Fsp3) is 0.404. The van der Waals surface area contributed by atoms with Crippen LogP contribution in [0.3, 0.4) is 0 Å². The van der Waals surface area contributed by atoms with Crippen molar-refractivity contribution in [1.29, 1.82) is 0 Å². The largest absolute Gasteiger partial charge is 0.455 e. The molecule has 0 spiro atoms. The van der Waals surface area contributed by atoms with E-state index in [1.54, 1.807) is 30.5 Å². The number of aromatic nitrogens is 2. The predicted octanol–water partition coefficient (Wildman–Crippen LogP) is 10.2. The normalized spacial score (nSPS) is 20.8. The number of allylic oxidation sites excluding steroid dienone is 1. The monoisotopic (exact) mass is 912 g/mol. The molecule has 16 heteroatoms. The van der Waals surface area contributed by atoms with E-state index in [1.165, 1.54) is 35.0 Å². The second kappa shape index (κ2) is 18.2. The molecule has 1 amide bonds. The van der Waals surface area contributed by atoms with Crippen LogP contribution in [0.5, 0.6) is 11.5 Å². The van der Waals surface area contributed by atoms with Gasteiger partial charge in [0.25, 0.3) is 21.6 Å². The lowest BCUT2D eigenvalue weighted by Gasteiger charge is -2.39. The number of aromatic amines is 1. The lowest BCUT2D eigenvalue weighted by Crippen LogP contribution is -2.47. The van der Waals surface area contributed by atoms with Crippen molar-refractivity contribution in [3.8, 4) is 11.5 Å². The first-order valence-electron chi connectivity index (χ1n) is 21.6. The Labute approximate surface area is 373 Å². The number of nitro groups is 1. The fourth-order valence-electron chi connectivity index (χ4n) is 9.12. The van der Waals surface area contributed by atoms with E-state index < -0.39 is 32.9 Å². The van der Waals surface area contributed by atoms with Crippen LogP contribution in [0.25, 0.3) is 16.6 Å². The average molecular weight is 913 g/mol. The lowest BCUT2D eigenvalue weighted by atomic mass is 9.72. The molecule has 63 heavy (non-hydrogen) atoms. The number of aryl methyl sites for hydroxylation is 1. The van der Waals surface area contributed by atoms with Crippen molar-refractivity contribution >= 4 is 62.7 Å². The van der Waals surface area contributed by atoms with E-state index in [1.807, 2.05) is 24.9 Å². The Balaban J connectivity index is 0.995. The third-order valence-electron chi connectivity index (χ3n) is 13.0. The highest BCUT2D eigenvalue weighted by Crippen LogP contribution is 2.49. The van der Waals surface area contributed by atoms with Gasteiger partial charge in [-0.1, -0.05) is 49.2 Å². The van der Waals surface area contributed by atoms with Crippen LogP contribution in [0, 0.1) is 21.4 Å². The fourth-order valence-corrected chi connectivity index (χ4v) is 12.3. The van der Waals surface area contributed by atoms with Crippen LogP contribution in [0.2, 0.25) is 5.02 Å². The number of pyridine rings is 1. The summed E-state index contributed by atoms with van der Waals surface area (Å²) in [5, 5.41) is 13.7. The summed E-state index contributed by atoms with van der Waals surface area (Å²) < 4.78 is 48.4. The summed E-state index contributed by atoms with van der Waals surface area (Å²) in [4.78, 5) is 37.3. The number of hydrogen-bond acceptors (Lipinski definition) is 10. The van der Waals surface area contributed by atoms with Gasteiger partial charge in [-0.05, 0) is 117 Å². The van der Waals surface area contributed by atoms with Gasteiger partial charge in [0.2, 0.25) is 0 Å². The molecule has 1 aliphatic carbocycles. The zero-order valence-electron chi connectivity index (χ0n) is 35.9. The molecule has 0 bridgehead atoms. The Morgan fingerprint density at radius 2 is 1.78 bits per heavy atom. The molecule has 5 aromatic rings. The van der Waals surface area contributed by atoms with Gasteiger partial charge in [-0.25, -0.2) is 18.1 Å². The van der Waals surface area contributed by atoms with Crippen LogP contribution in [-0.2, 0) is 21.0 Å². The zero-order valence-corrected chi connectivity index (χ0v) is 38.4. The Morgan fingerprint density at radius 3 is 2.51 bits per heavy atom. The minimum absolute atomic E-state index is 0.0350. The maximum absolute atomic E-state index is 14.0. The average Bonchev–Trinajstić information content (AvgIpc) is 3.72. The summed E-state index contributed by atoms with van der Waals surface area (Å²) in [6.07, 6.45) is 10.5. The number of H-pyrrole nitrogens is 1. The molecule has 3 aromatic carbocycles. The number of sulfonamides is 1. The quantitative estimate of drug-likeness (QED) is 0.0659. The summed E-state index contributed by atoms with van der Waals surface area (Å²) in [6, 6.07) is 20.6. The minimum Gasteiger partial charge on any atom is -0.455 e. The van der Waals surface area contributed by atoms with Crippen molar-refractivity contribution in [3.63, 3.8) is 0 Å². The van der Waals surface area contributed by atoms with Gasteiger partial charge in [0.05, 0.1) is 28.7 Å². The minimum atomic E-state index is -4.55. The van der Waals surface area contributed by atoms with Crippen LogP contribution < -0.4 is 14.4 Å². The maximum Gasteiger partial charge on any atom is 0.273 e. The second-order valence-electron chi connectivity index (χ2n) is 18.3. The highest BCUT2D eigenvalue weighted by Gasteiger charge is 2.31.